The van der Waals surface area contributed by atoms with Crippen LogP contribution in [0.15, 0.2) is 0 Å². The molecule has 3 rings (SSSR count). The van der Waals surface area contributed by atoms with E-state index >= 15 is 0 Å². The predicted octanol–water partition coefficient (Wildman–Crippen LogP) is 4.53. The molecule has 3 fully saturated rings. The minimum atomic E-state index is 0.477. The Kier molecular flexibility index (Phi) is 5.01. The zero-order valence-electron chi connectivity index (χ0n) is 13.0. The van der Waals surface area contributed by atoms with Gasteiger partial charge in [0.2, 0.25) is 5.91 Å². The lowest BCUT2D eigenvalue weighted by atomic mass is 9.86. The Balaban J connectivity index is 1.47. The van der Waals surface area contributed by atoms with Gasteiger partial charge in [0.05, 0.1) is 0 Å². The van der Waals surface area contributed by atoms with Gasteiger partial charge in [0.15, 0.2) is 0 Å². The normalized spacial score (nSPS) is 29.2. The summed E-state index contributed by atoms with van der Waals surface area (Å²) in [7, 11) is 0. The first-order chi connectivity index (χ1) is 9.84. The van der Waals surface area contributed by atoms with Gasteiger partial charge in [-0.3, -0.25) is 4.79 Å². The fourth-order valence-electron chi connectivity index (χ4n) is 4.88. The molecule has 0 unspecified atom stereocenters. The molecular formula is C18H31NO. The van der Waals surface area contributed by atoms with Crippen molar-refractivity contribution in [3.63, 3.8) is 0 Å². The van der Waals surface area contributed by atoms with Gasteiger partial charge in [-0.25, -0.2) is 0 Å². The zero-order valence-corrected chi connectivity index (χ0v) is 13.0. The average Bonchev–Trinajstić information content (AvgIpc) is 3.15. The molecule has 1 saturated heterocycles. The minimum Gasteiger partial charge on any atom is -0.339 e. The average molecular weight is 277 g/mol. The van der Waals surface area contributed by atoms with Crippen LogP contribution in [0, 0.1) is 11.8 Å². The predicted molar refractivity (Wildman–Crippen MR) is 82.5 cm³/mol. The lowest BCUT2D eigenvalue weighted by Gasteiger charge is -2.30. The molecule has 1 amide bonds. The quantitative estimate of drug-likeness (QED) is 0.739. The summed E-state index contributed by atoms with van der Waals surface area (Å²) >= 11 is 0. The molecular weight excluding hydrogens is 246 g/mol. The molecule has 0 aromatic heterocycles. The van der Waals surface area contributed by atoms with E-state index in [1.165, 1.54) is 70.6 Å². The van der Waals surface area contributed by atoms with Gasteiger partial charge in [-0.2, -0.15) is 0 Å². The molecule has 2 aliphatic carbocycles. The van der Waals surface area contributed by atoms with E-state index in [1.54, 1.807) is 0 Å². The molecule has 20 heavy (non-hydrogen) atoms. The maximum Gasteiger partial charge on any atom is 0.222 e. The van der Waals surface area contributed by atoms with Crippen LogP contribution in [0.2, 0.25) is 0 Å². The van der Waals surface area contributed by atoms with Crippen LogP contribution in [-0.2, 0) is 4.79 Å². The molecule has 2 saturated carbocycles. The Bertz CT molecular complexity index is 315. The number of hydrogen-bond donors (Lipinski definition) is 0. The molecule has 0 spiro atoms. The Morgan fingerprint density at radius 1 is 0.850 bits per heavy atom. The summed E-state index contributed by atoms with van der Waals surface area (Å²) in [6.45, 7) is 1.05. The lowest BCUT2D eigenvalue weighted by Crippen LogP contribution is -2.39. The van der Waals surface area contributed by atoms with Crippen LogP contribution >= 0.6 is 0 Å². The largest absolute Gasteiger partial charge is 0.339 e. The first kappa shape index (κ1) is 14.4. The number of hydrogen-bond acceptors (Lipinski definition) is 1. The number of carbonyl (C=O) groups is 1. The summed E-state index contributed by atoms with van der Waals surface area (Å²) < 4.78 is 0. The minimum absolute atomic E-state index is 0.477. The van der Waals surface area contributed by atoms with E-state index in [2.05, 4.69) is 4.90 Å². The van der Waals surface area contributed by atoms with Crippen LogP contribution in [0.1, 0.15) is 83.5 Å². The summed E-state index contributed by atoms with van der Waals surface area (Å²) in [5.74, 6) is 2.15. The Labute approximate surface area is 124 Å². The van der Waals surface area contributed by atoms with Crippen LogP contribution in [0.5, 0.6) is 0 Å². The molecule has 1 heterocycles. The highest BCUT2D eigenvalue weighted by atomic mass is 16.2. The molecule has 1 aliphatic heterocycles. The topological polar surface area (TPSA) is 20.3 Å². The first-order valence-electron chi connectivity index (χ1n) is 9.14. The van der Waals surface area contributed by atoms with Gasteiger partial charge >= 0.3 is 0 Å². The molecule has 0 aromatic carbocycles. The van der Waals surface area contributed by atoms with Gasteiger partial charge in [0, 0.05) is 19.0 Å². The zero-order chi connectivity index (χ0) is 13.8. The molecule has 0 N–H and O–H groups in total. The van der Waals surface area contributed by atoms with Crippen LogP contribution in [0.4, 0.5) is 0 Å². The number of rotatable bonds is 4. The van der Waals surface area contributed by atoms with E-state index in [-0.39, 0.29) is 0 Å². The molecule has 0 radical (unpaired) electrons. The van der Waals surface area contributed by atoms with Crippen molar-refractivity contribution in [3.05, 3.63) is 0 Å². The van der Waals surface area contributed by atoms with Gasteiger partial charge in [-0.05, 0) is 43.9 Å². The molecule has 1 atom stereocenters. The Morgan fingerprint density at radius 2 is 1.55 bits per heavy atom. The smallest absolute Gasteiger partial charge is 0.222 e. The van der Waals surface area contributed by atoms with Gasteiger partial charge in [0.1, 0.15) is 0 Å². The second-order valence-corrected chi connectivity index (χ2v) is 7.38. The molecule has 0 bridgehead atoms. The van der Waals surface area contributed by atoms with Gasteiger partial charge in [-0.15, -0.1) is 0 Å². The summed E-state index contributed by atoms with van der Waals surface area (Å²) in [5, 5.41) is 0. The number of carbonyl (C=O) groups excluding carboxylic acids is 1. The fraction of sp³-hybridized carbons (Fsp3) is 0.944. The molecule has 0 aromatic rings. The molecule has 114 valence electrons. The molecule has 2 nitrogen and oxygen atoms in total. The molecule has 3 aliphatic rings. The summed E-state index contributed by atoms with van der Waals surface area (Å²) in [6, 6.07) is 0.608. The highest BCUT2D eigenvalue weighted by Crippen LogP contribution is 2.36. The van der Waals surface area contributed by atoms with E-state index in [0.29, 0.717) is 11.9 Å². The molecule has 2 heteroatoms. The third kappa shape index (κ3) is 3.38. The van der Waals surface area contributed by atoms with Crippen LogP contribution < -0.4 is 0 Å². The third-order valence-corrected chi connectivity index (χ3v) is 6.05. The van der Waals surface area contributed by atoms with Crippen molar-refractivity contribution in [2.24, 2.45) is 11.8 Å². The van der Waals surface area contributed by atoms with E-state index in [1.807, 2.05) is 0 Å². The monoisotopic (exact) mass is 277 g/mol. The van der Waals surface area contributed by atoms with Gasteiger partial charge in [-0.1, -0.05) is 44.9 Å². The second kappa shape index (κ2) is 6.95. The van der Waals surface area contributed by atoms with Crippen molar-refractivity contribution < 1.29 is 4.79 Å². The van der Waals surface area contributed by atoms with Crippen LogP contribution in [0.3, 0.4) is 0 Å². The van der Waals surface area contributed by atoms with Crippen LogP contribution in [0.25, 0.3) is 0 Å². The van der Waals surface area contributed by atoms with Crippen LogP contribution in [-0.4, -0.2) is 23.4 Å². The highest BCUT2D eigenvalue weighted by Gasteiger charge is 2.35. The fourth-order valence-corrected chi connectivity index (χ4v) is 4.88. The lowest BCUT2D eigenvalue weighted by molar-refractivity contribution is -0.133. The van der Waals surface area contributed by atoms with E-state index in [9.17, 15) is 4.79 Å². The maximum absolute atomic E-state index is 12.6. The van der Waals surface area contributed by atoms with Gasteiger partial charge < -0.3 is 4.90 Å². The maximum atomic E-state index is 12.6. The standard InChI is InChI=1S/C18H31NO/c20-18(13-12-15-7-2-1-3-8-15)19-14-6-11-17(19)16-9-4-5-10-16/h15-17H,1-14H2/t17-/m1/s1. The van der Waals surface area contributed by atoms with Crippen molar-refractivity contribution >= 4 is 5.91 Å². The van der Waals surface area contributed by atoms with Crippen molar-refractivity contribution in [3.8, 4) is 0 Å². The van der Waals surface area contributed by atoms with Gasteiger partial charge in [0.25, 0.3) is 0 Å². The Hall–Kier alpha value is -0.530. The first-order valence-corrected chi connectivity index (χ1v) is 9.14. The highest BCUT2D eigenvalue weighted by molar-refractivity contribution is 5.76. The summed E-state index contributed by atoms with van der Waals surface area (Å²) in [4.78, 5) is 14.9. The second-order valence-electron chi connectivity index (χ2n) is 7.38. The third-order valence-electron chi connectivity index (χ3n) is 6.05. The Morgan fingerprint density at radius 3 is 2.30 bits per heavy atom. The SMILES string of the molecule is O=C(CCC1CCCCC1)N1CCC[C@@H]1C1CCCC1. The van der Waals surface area contributed by atoms with Crippen molar-refractivity contribution in [1.29, 1.82) is 0 Å². The van der Waals surface area contributed by atoms with E-state index in [4.69, 9.17) is 0 Å². The van der Waals surface area contributed by atoms with Crippen molar-refractivity contribution in [1.82, 2.24) is 4.90 Å². The summed E-state index contributed by atoms with van der Waals surface area (Å²) in [5.41, 5.74) is 0. The number of likely N-dealkylation sites (tertiary alicyclic amines) is 1. The van der Waals surface area contributed by atoms with Crippen molar-refractivity contribution in [2.45, 2.75) is 89.5 Å². The number of amides is 1. The van der Waals surface area contributed by atoms with Crippen molar-refractivity contribution in [2.75, 3.05) is 6.54 Å². The van der Waals surface area contributed by atoms with E-state index < -0.39 is 0 Å². The summed E-state index contributed by atoms with van der Waals surface area (Å²) in [6.07, 6.45) is 17.0. The number of nitrogens with zero attached hydrogens (tertiary/aromatic N) is 1. The van der Waals surface area contributed by atoms with E-state index in [0.717, 1.165) is 31.2 Å².